The lowest BCUT2D eigenvalue weighted by molar-refractivity contribution is 0.211. The van der Waals surface area contributed by atoms with Crippen molar-refractivity contribution in [2.45, 2.75) is 26.2 Å². The van der Waals surface area contributed by atoms with Gasteiger partial charge in [0.25, 0.3) is 5.88 Å². The average molecular weight is 261 g/mol. The highest BCUT2D eigenvalue weighted by Crippen LogP contribution is 2.31. The van der Waals surface area contributed by atoms with Gasteiger partial charge in [-0.15, -0.1) is 10.2 Å². The van der Waals surface area contributed by atoms with E-state index in [2.05, 4.69) is 15.2 Å². The van der Waals surface area contributed by atoms with Crippen molar-refractivity contribution in [2.24, 2.45) is 17.6 Å². The smallest absolute Gasteiger partial charge is 0.260 e. The Kier molecular flexibility index (Phi) is 3.33. The van der Waals surface area contributed by atoms with Crippen LogP contribution in [0.15, 0.2) is 12.4 Å². The number of fused-ring (bicyclic) bond motifs is 1. The number of hydrogen-bond acceptors (Lipinski definition) is 5. The van der Waals surface area contributed by atoms with Gasteiger partial charge in [0.1, 0.15) is 5.82 Å². The SMILES string of the molecule is Cc1nnc2c(OCC3CCCC3CN)nccn12. The van der Waals surface area contributed by atoms with E-state index in [-0.39, 0.29) is 0 Å². The van der Waals surface area contributed by atoms with Crippen molar-refractivity contribution in [1.82, 2.24) is 19.6 Å². The quantitative estimate of drug-likeness (QED) is 0.894. The zero-order chi connectivity index (χ0) is 13.2. The fourth-order valence-corrected chi connectivity index (χ4v) is 2.85. The van der Waals surface area contributed by atoms with Crippen LogP contribution in [-0.4, -0.2) is 32.7 Å². The second-order valence-corrected chi connectivity index (χ2v) is 5.17. The predicted octanol–water partition coefficient (Wildman–Crippen LogP) is 1.19. The van der Waals surface area contributed by atoms with Crippen molar-refractivity contribution >= 4 is 5.65 Å². The number of nitrogens with zero attached hydrogens (tertiary/aromatic N) is 4. The number of aromatic nitrogens is 4. The molecule has 102 valence electrons. The highest BCUT2D eigenvalue weighted by Gasteiger charge is 2.27. The summed E-state index contributed by atoms with van der Waals surface area (Å²) in [4.78, 5) is 4.26. The fraction of sp³-hybridized carbons (Fsp3) is 0.615. The first-order valence-corrected chi connectivity index (χ1v) is 6.79. The van der Waals surface area contributed by atoms with Crippen LogP contribution in [0.25, 0.3) is 5.65 Å². The van der Waals surface area contributed by atoms with Crippen molar-refractivity contribution in [3.05, 3.63) is 18.2 Å². The van der Waals surface area contributed by atoms with Gasteiger partial charge >= 0.3 is 0 Å². The predicted molar refractivity (Wildman–Crippen MR) is 70.9 cm³/mol. The van der Waals surface area contributed by atoms with E-state index in [0.29, 0.717) is 30.0 Å². The molecule has 0 radical (unpaired) electrons. The van der Waals surface area contributed by atoms with E-state index in [1.165, 1.54) is 19.3 Å². The van der Waals surface area contributed by atoms with Crippen LogP contribution in [0.5, 0.6) is 5.88 Å². The van der Waals surface area contributed by atoms with Crippen LogP contribution >= 0.6 is 0 Å². The molecule has 1 saturated carbocycles. The zero-order valence-corrected chi connectivity index (χ0v) is 11.1. The van der Waals surface area contributed by atoms with Crippen molar-refractivity contribution in [1.29, 1.82) is 0 Å². The third-order valence-electron chi connectivity index (χ3n) is 4.02. The Morgan fingerprint density at radius 2 is 2.21 bits per heavy atom. The standard InChI is InChI=1S/C13H19N5O/c1-9-16-17-12-13(15-5-6-18(9)12)19-8-11-4-2-3-10(11)7-14/h5-6,10-11H,2-4,7-8,14H2,1H3. The number of nitrogens with two attached hydrogens (primary N) is 1. The molecular weight excluding hydrogens is 242 g/mol. The van der Waals surface area contributed by atoms with Gasteiger partial charge in [0.15, 0.2) is 0 Å². The lowest BCUT2D eigenvalue weighted by Gasteiger charge is -2.17. The van der Waals surface area contributed by atoms with E-state index >= 15 is 0 Å². The van der Waals surface area contributed by atoms with E-state index in [0.717, 1.165) is 12.4 Å². The van der Waals surface area contributed by atoms with Gasteiger partial charge < -0.3 is 10.5 Å². The van der Waals surface area contributed by atoms with Crippen LogP contribution in [0, 0.1) is 18.8 Å². The first kappa shape index (κ1) is 12.3. The molecule has 0 amide bonds. The van der Waals surface area contributed by atoms with E-state index in [1.54, 1.807) is 6.20 Å². The largest absolute Gasteiger partial charge is 0.475 e. The molecule has 2 heterocycles. The Hall–Kier alpha value is -1.69. The first-order valence-electron chi connectivity index (χ1n) is 6.79. The molecule has 2 N–H and O–H groups in total. The molecule has 1 aliphatic carbocycles. The average Bonchev–Trinajstić information content (AvgIpc) is 3.03. The minimum atomic E-state index is 0.538. The Labute approximate surface area is 112 Å². The number of ether oxygens (including phenoxy) is 1. The van der Waals surface area contributed by atoms with Gasteiger partial charge in [0, 0.05) is 12.4 Å². The van der Waals surface area contributed by atoms with Crippen LogP contribution in [-0.2, 0) is 0 Å². The maximum absolute atomic E-state index is 5.86. The van der Waals surface area contributed by atoms with Gasteiger partial charge in [0.05, 0.1) is 6.61 Å². The summed E-state index contributed by atoms with van der Waals surface area (Å²) < 4.78 is 7.74. The van der Waals surface area contributed by atoms with E-state index < -0.39 is 0 Å². The van der Waals surface area contributed by atoms with Gasteiger partial charge in [-0.1, -0.05) is 6.42 Å². The maximum Gasteiger partial charge on any atom is 0.260 e. The molecule has 1 aliphatic rings. The fourth-order valence-electron chi connectivity index (χ4n) is 2.85. The summed E-state index contributed by atoms with van der Waals surface area (Å²) >= 11 is 0. The molecule has 2 atom stereocenters. The number of aryl methyl sites for hydroxylation is 1. The molecule has 2 aromatic heterocycles. The maximum atomic E-state index is 5.86. The Balaban J connectivity index is 1.75. The third kappa shape index (κ3) is 2.28. The second kappa shape index (κ2) is 5.13. The molecule has 0 saturated heterocycles. The first-order chi connectivity index (χ1) is 9.29. The second-order valence-electron chi connectivity index (χ2n) is 5.17. The molecular formula is C13H19N5O. The molecule has 0 aromatic carbocycles. The molecule has 6 heteroatoms. The molecule has 2 aromatic rings. The van der Waals surface area contributed by atoms with Crippen molar-refractivity contribution < 1.29 is 4.74 Å². The molecule has 0 bridgehead atoms. The molecule has 1 fully saturated rings. The molecule has 3 rings (SSSR count). The molecule has 0 spiro atoms. The summed E-state index contributed by atoms with van der Waals surface area (Å²) in [5.74, 6) is 2.52. The summed E-state index contributed by atoms with van der Waals surface area (Å²) in [6.45, 7) is 3.32. The summed E-state index contributed by atoms with van der Waals surface area (Å²) in [6.07, 6.45) is 7.21. The Morgan fingerprint density at radius 3 is 3.05 bits per heavy atom. The van der Waals surface area contributed by atoms with Crippen molar-refractivity contribution in [3.63, 3.8) is 0 Å². The molecule has 6 nitrogen and oxygen atoms in total. The van der Waals surface area contributed by atoms with E-state index in [9.17, 15) is 0 Å². The van der Waals surface area contributed by atoms with Crippen molar-refractivity contribution in [2.75, 3.05) is 13.2 Å². The van der Waals surface area contributed by atoms with Crippen LogP contribution in [0.2, 0.25) is 0 Å². The molecule has 19 heavy (non-hydrogen) atoms. The lowest BCUT2D eigenvalue weighted by Crippen LogP contribution is -2.23. The van der Waals surface area contributed by atoms with Crippen LogP contribution < -0.4 is 10.5 Å². The van der Waals surface area contributed by atoms with Gasteiger partial charge in [0.2, 0.25) is 5.65 Å². The monoisotopic (exact) mass is 261 g/mol. The number of rotatable bonds is 4. The highest BCUT2D eigenvalue weighted by molar-refractivity contribution is 5.48. The van der Waals surface area contributed by atoms with Crippen LogP contribution in [0.1, 0.15) is 25.1 Å². The highest BCUT2D eigenvalue weighted by atomic mass is 16.5. The summed E-state index contributed by atoms with van der Waals surface area (Å²) in [5, 5.41) is 8.14. The number of hydrogen-bond donors (Lipinski definition) is 1. The Morgan fingerprint density at radius 1 is 1.37 bits per heavy atom. The minimum absolute atomic E-state index is 0.538. The van der Waals surface area contributed by atoms with Gasteiger partial charge in [-0.3, -0.25) is 4.40 Å². The summed E-state index contributed by atoms with van der Waals surface area (Å²) in [5.41, 5.74) is 6.47. The van der Waals surface area contributed by atoms with Crippen LogP contribution in [0.3, 0.4) is 0 Å². The molecule has 2 unspecified atom stereocenters. The normalized spacial score (nSPS) is 23.1. The van der Waals surface area contributed by atoms with E-state index in [4.69, 9.17) is 10.5 Å². The third-order valence-corrected chi connectivity index (χ3v) is 4.02. The summed E-state index contributed by atoms with van der Waals surface area (Å²) in [6, 6.07) is 0. The lowest BCUT2D eigenvalue weighted by atomic mass is 9.97. The molecule has 0 aliphatic heterocycles. The summed E-state index contributed by atoms with van der Waals surface area (Å²) in [7, 11) is 0. The van der Waals surface area contributed by atoms with E-state index in [1.807, 2.05) is 17.5 Å². The van der Waals surface area contributed by atoms with Gasteiger partial charge in [-0.25, -0.2) is 4.98 Å². The minimum Gasteiger partial charge on any atom is -0.475 e. The van der Waals surface area contributed by atoms with Gasteiger partial charge in [-0.05, 0) is 38.1 Å². The zero-order valence-electron chi connectivity index (χ0n) is 11.1. The topological polar surface area (TPSA) is 78.3 Å². The van der Waals surface area contributed by atoms with Gasteiger partial charge in [-0.2, -0.15) is 0 Å². The van der Waals surface area contributed by atoms with Crippen molar-refractivity contribution in [3.8, 4) is 5.88 Å². The Bertz CT molecular complexity index is 567. The van der Waals surface area contributed by atoms with Crippen LogP contribution in [0.4, 0.5) is 0 Å².